The summed E-state index contributed by atoms with van der Waals surface area (Å²) in [6.45, 7) is 0.643. The molecule has 100 valence electrons. The molecule has 0 aromatic heterocycles. The van der Waals surface area contributed by atoms with Crippen molar-refractivity contribution in [2.24, 2.45) is 0 Å². The van der Waals surface area contributed by atoms with Crippen molar-refractivity contribution in [2.45, 2.75) is 6.54 Å². The topological polar surface area (TPSA) is 70.2 Å². The third kappa shape index (κ3) is 3.12. The quantitative estimate of drug-likeness (QED) is 0.630. The van der Waals surface area contributed by atoms with Crippen LogP contribution in [-0.4, -0.2) is 12.0 Å². The van der Waals surface area contributed by atoms with Crippen LogP contribution in [0.3, 0.4) is 0 Å². The highest BCUT2D eigenvalue weighted by molar-refractivity contribution is 5.49. The van der Waals surface area contributed by atoms with Crippen LogP contribution in [0.5, 0.6) is 0 Å². The Hall–Kier alpha value is -2.87. The predicted molar refractivity (Wildman–Crippen MR) is 76.4 cm³/mol. The van der Waals surface area contributed by atoms with E-state index < -0.39 is 4.92 Å². The molecule has 0 spiro atoms. The van der Waals surface area contributed by atoms with Crippen LogP contribution in [-0.2, 0) is 6.54 Å². The van der Waals surface area contributed by atoms with Crippen molar-refractivity contribution >= 4 is 11.4 Å². The Morgan fingerprint density at radius 3 is 2.25 bits per heavy atom. The van der Waals surface area contributed by atoms with Crippen molar-refractivity contribution in [3.05, 3.63) is 69.8 Å². The summed E-state index contributed by atoms with van der Waals surface area (Å²) in [5.74, 6) is 0. The minimum atomic E-state index is -0.409. The Labute approximate surface area is 116 Å². The monoisotopic (exact) mass is 267 g/mol. The molecule has 0 heterocycles. The van der Waals surface area contributed by atoms with Crippen molar-refractivity contribution in [3.63, 3.8) is 0 Å². The van der Waals surface area contributed by atoms with E-state index in [1.807, 2.05) is 24.1 Å². The predicted octanol–water partition coefficient (Wildman–Crippen LogP) is 3.10. The summed E-state index contributed by atoms with van der Waals surface area (Å²) in [4.78, 5) is 12.2. The molecule has 0 atom stereocenters. The van der Waals surface area contributed by atoms with Gasteiger partial charge in [0.15, 0.2) is 0 Å². The number of anilines is 1. The average molecular weight is 267 g/mol. The van der Waals surface area contributed by atoms with Gasteiger partial charge in [-0.15, -0.1) is 0 Å². The van der Waals surface area contributed by atoms with Gasteiger partial charge in [-0.3, -0.25) is 10.1 Å². The third-order valence-electron chi connectivity index (χ3n) is 3.00. The first-order valence-corrected chi connectivity index (χ1v) is 6.05. The van der Waals surface area contributed by atoms with Crippen LogP contribution in [0.1, 0.15) is 11.1 Å². The van der Waals surface area contributed by atoms with E-state index in [0.29, 0.717) is 12.1 Å². The Bertz CT molecular complexity index is 642. The van der Waals surface area contributed by atoms with E-state index >= 15 is 0 Å². The van der Waals surface area contributed by atoms with Crippen LogP contribution < -0.4 is 4.90 Å². The molecular formula is C15H13N3O2. The molecule has 0 saturated heterocycles. The molecule has 0 saturated carbocycles. The fourth-order valence-electron chi connectivity index (χ4n) is 1.88. The lowest BCUT2D eigenvalue weighted by Gasteiger charge is -2.19. The number of nitriles is 1. The van der Waals surface area contributed by atoms with E-state index in [0.717, 1.165) is 11.3 Å². The van der Waals surface area contributed by atoms with Gasteiger partial charge in [-0.2, -0.15) is 5.26 Å². The minimum absolute atomic E-state index is 0.0924. The first kappa shape index (κ1) is 13.6. The van der Waals surface area contributed by atoms with Crippen molar-refractivity contribution in [1.29, 1.82) is 5.26 Å². The zero-order valence-electron chi connectivity index (χ0n) is 11.0. The van der Waals surface area contributed by atoms with Crippen LogP contribution in [0.15, 0.2) is 48.5 Å². The fourth-order valence-corrected chi connectivity index (χ4v) is 1.88. The molecule has 2 aromatic rings. The number of hydrogen-bond acceptors (Lipinski definition) is 4. The fraction of sp³-hybridized carbons (Fsp3) is 0.133. The van der Waals surface area contributed by atoms with Gasteiger partial charge in [0.1, 0.15) is 0 Å². The van der Waals surface area contributed by atoms with Crippen molar-refractivity contribution < 1.29 is 4.92 Å². The number of hydrogen-bond donors (Lipinski definition) is 0. The third-order valence-corrected chi connectivity index (χ3v) is 3.00. The van der Waals surface area contributed by atoms with E-state index in [4.69, 9.17) is 5.26 Å². The maximum atomic E-state index is 10.6. The zero-order chi connectivity index (χ0) is 14.5. The molecule has 0 unspecified atom stereocenters. The molecule has 0 bridgehead atoms. The zero-order valence-corrected chi connectivity index (χ0v) is 11.0. The Balaban J connectivity index is 2.08. The smallest absolute Gasteiger partial charge is 0.269 e. The highest BCUT2D eigenvalue weighted by Crippen LogP contribution is 2.18. The Kier molecular flexibility index (Phi) is 3.96. The maximum absolute atomic E-state index is 10.6. The lowest BCUT2D eigenvalue weighted by atomic mass is 10.1. The van der Waals surface area contributed by atoms with Gasteiger partial charge in [-0.05, 0) is 29.8 Å². The Morgan fingerprint density at radius 2 is 1.75 bits per heavy atom. The van der Waals surface area contributed by atoms with Gasteiger partial charge in [0, 0.05) is 31.4 Å². The van der Waals surface area contributed by atoms with Crippen LogP contribution in [0.2, 0.25) is 0 Å². The number of nitro benzene ring substituents is 1. The highest BCUT2D eigenvalue weighted by Gasteiger charge is 2.06. The largest absolute Gasteiger partial charge is 0.370 e. The maximum Gasteiger partial charge on any atom is 0.269 e. The van der Waals surface area contributed by atoms with E-state index in [9.17, 15) is 10.1 Å². The summed E-state index contributed by atoms with van der Waals surface area (Å²) >= 11 is 0. The van der Waals surface area contributed by atoms with Gasteiger partial charge < -0.3 is 4.90 Å². The van der Waals surface area contributed by atoms with Crippen LogP contribution >= 0.6 is 0 Å². The molecule has 20 heavy (non-hydrogen) atoms. The molecule has 2 aromatic carbocycles. The average Bonchev–Trinajstić information content (AvgIpc) is 2.48. The van der Waals surface area contributed by atoms with Gasteiger partial charge in [0.25, 0.3) is 5.69 Å². The summed E-state index contributed by atoms with van der Waals surface area (Å²) in [5, 5.41) is 19.3. The second kappa shape index (κ2) is 5.85. The van der Waals surface area contributed by atoms with E-state index in [2.05, 4.69) is 6.07 Å². The summed E-state index contributed by atoms with van der Waals surface area (Å²) in [6, 6.07) is 15.9. The first-order chi connectivity index (χ1) is 9.60. The van der Waals surface area contributed by atoms with E-state index in [-0.39, 0.29) is 5.69 Å². The molecule has 0 N–H and O–H groups in total. The summed E-state index contributed by atoms with van der Waals surface area (Å²) in [5.41, 5.74) is 2.69. The van der Waals surface area contributed by atoms with E-state index in [1.54, 1.807) is 24.3 Å². The standard InChI is InChI=1S/C15H13N3O2/c1-17(14-6-2-12(10-16)3-7-14)11-13-4-8-15(9-5-13)18(19)20/h2-9H,11H2,1H3. The van der Waals surface area contributed by atoms with Crippen LogP contribution in [0.25, 0.3) is 0 Å². The number of nitrogens with zero attached hydrogens (tertiary/aromatic N) is 3. The molecule has 0 aliphatic heterocycles. The SMILES string of the molecule is CN(Cc1ccc([N+](=O)[O-])cc1)c1ccc(C#N)cc1. The van der Waals surface area contributed by atoms with Crippen molar-refractivity contribution in [3.8, 4) is 6.07 Å². The lowest BCUT2D eigenvalue weighted by Crippen LogP contribution is -2.16. The first-order valence-electron chi connectivity index (χ1n) is 6.05. The molecule has 0 fully saturated rings. The summed E-state index contributed by atoms with van der Waals surface area (Å²) < 4.78 is 0. The summed E-state index contributed by atoms with van der Waals surface area (Å²) in [6.07, 6.45) is 0. The number of rotatable bonds is 4. The van der Waals surface area contributed by atoms with Crippen LogP contribution in [0.4, 0.5) is 11.4 Å². The molecule has 0 aliphatic rings. The van der Waals surface area contributed by atoms with Gasteiger partial charge in [-0.1, -0.05) is 12.1 Å². The van der Waals surface area contributed by atoms with Crippen LogP contribution in [0, 0.1) is 21.4 Å². The number of nitro groups is 1. The molecular weight excluding hydrogens is 254 g/mol. The second-order valence-corrected chi connectivity index (χ2v) is 4.44. The highest BCUT2D eigenvalue weighted by atomic mass is 16.6. The van der Waals surface area contributed by atoms with E-state index in [1.165, 1.54) is 12.1 Å². The molecule has 0 amide bonds. The normalized spacial score (nSPS) is 9.80. The molecule has 5 nitrogen and oxygen atoms in total. The van der Waals surface area contributed by atoms with Crippen molar-refractivity contribution in [2.75, 3.05) is 11.9 Å². The number of benzene rings is 2. The Morgan fingerprint density at radius 1 is 1.15 bits per heavy atom. The summed E-state index contributed by atoms with van der Waals surface area (Å²) in [7, 11) is 1.93. The van der Waals surface area contributed by atoms with Gasteiger partial charge >= 0.3 is 0 Å². The molecule has 2 rings (SSSR count). The minimum Gasteiger partial charge on any atom is -0.370 e. The molecule has 0 aliphatic carbocycles. The lowest BCUT2D eigenvalue weighted by molar-refractivity contribution is -0.384. The molecule has 5 heteroatoms. The molecule has 0 radical (unpaired) electrons. The van der Waals surface area contributed by atoms with Gasteiger partial charge in [-0.25, -0.2) is 0 Å². The van der Waals surface area contributed by atoms with Crippen molar-refractivity contribution in [1.82, 2.24) is 0 Å². The van der Waals surface area contributed by atoms with Gasteiger partial charge in [0.05, 0.1) is 16.6 Å². The van der Waals surface area contributed by atoms with Gasteiger partial charge in [0.2, 0.25) is 0 Å². The second-order valence-electron chi connectivity index (χ2n) is 4.44. The number of non-ortho nitro benzene ring substituents is 1.